The van der Waals surface area contributed by atoms with Gasteiger partial charge >= 0.3 is 0 Å². The lowest BCUT2D eigenvalue weighted by atomic mass is 10.2. The minimum absolute atomic E-state index is 0.347. The zero-order valence-electron chi connectivity index (χ0n) is 11.5. The maximum Gasteiger partial charge on any atom is 0.118 e. The van der Waals surface area contributed by atoms with Gasteiger partial charge in [-0.25, -0.2) is 0 Å². The van der Waals surface area contributed by atoms with Crippen molar-refractivity contribution in [3.8, 4) is 0 Å². The minimum atomic E-state index is -0.347. The third-order valence-corrected chi connectivity index (χ3v) is 2.95. The van der Waals surface area contributed by atoms with E-state index >= 15 is 0 Å². The van der Waals surface area contributed by atoms with Crippen LogP contribution in [0.25, 0.3) is 0 Å². The predicted molar refractivity (Wildman–Crippen MR) is 75.7 cm³/mol. The molecule has 0 saturated carbocycles. The van der Waals surface area contributed by atoms with Crippen molar-refractivity contribution in [2.75, 3.05) is 6.54 Å². The van der Waals surface area contributed by atoms with E-state index in [0.717, 1.165) is 18.1 Å². The molecule has 19 heavy (non-hydrogen) atoms. The quantitative estimate of drug-likeness (QED) is 0.866. The Balaban J connectivity index is 2.03. The van der Waals surface area contributed by atoms with Gasteiger partial charge in [-0.05, 0) is 31.5 Å². The smallest absolute Gasteiger partial charge is 0.118 e. The van der Waals surface area contributed by atoms with E-state index in [1.807, 2.05) is 44.2 Å². The highest BCUT2D eigenvalue weighted by molar-refractivity contribution is 5.15. The molecule has 102 valence electrons. The summed E-state index contributed by atoms with van der Waals surface area (Å²) in [5.41, 5.74) is 1.24. The number of hydrogen-bond acceptors (Lipinski definition) is 3. The van der Waals surface area contributed by atoms with Crippen molar-refractivity contribution in [2.24, 2.45) is 0 Å². The van der Waals surface area contributed by atoms with Gasteiger partial charge in [0.25, 0.3) is 0 Å². The molecule has 0 saturated heterocycles. The Morgan fingerprint density at radius 1 is 1.11 bits per heavy atom. The number of aryl methyl sites for hydroxylation is 1. The average Bonchev–Trinajstić information content (AvgIpc) is 2.75. The highest BCUT2D eigenvalue weighted by Crippen LogP contribution is 2.13. The molecule has 1 heterocycles. The molecular weight excluding hydrogens is 238 g/mol. The van der Waals surface area contributed by atoms with Gasteiger partial charge in [-0.15, -0.1) is 0 Å². The molecule has 0 aliphatic carbocycles. The molecule has 0 amide bonds. The fourth-order valence-electron chi connectivity index (χ4n) is 2.19. The van der Waals surface area contributed by atoms with Crippen LogP contribution in [-0.2, 0) is 13.1 Å². The van der Waals surface area contributed by atoms with Gasteiger partial charge in [-0.2, -0.15) is 0 Å². The summed E-state index contributed by atoms with van der Waals surface area (Å²) < 4.78 is 5.61. The van der Waals surface area contributed by atoms with Gasteiger partial charge in [-0.3, -0.25) is 4.90 Å². The molecule has 0 aliphatic rings. The van der Waals surface area contributed by atoms with E-state index in [9.17, 15) is 5.11 Å². The summed E-state index contributed by atoms with van der Waals surface area (Å²) in [4.78, 5) is 2.19. The number of aliphatic hydroxyl groups excluding tert-OH is 1. The highest BCUT2D eigenvalue weighted by Gasteiger charge is 2.11. The van der Waals surface area contributed by atoms with Gasteiger partial charge in [0.2, 0.25) is 0 Å². The maximum atomic E-state index is 9.61. The molecule has 0 spiro atoms. The lowest BCUT2D eigenvalue weighted by Gasteiger charge is -2.22. The third-order valence-electron chi connectivity index (χ3n) is 2.95. The number of rotatable bonds is 6. The molecule has 0 aliphatic heterocycles. The van der Waals surface area contributed by atoms with Crippen molar-refractivity contribution >= 4 is 0 Å². The van der Waals surface area contributed by atoms with Crippen molar-refractivity contribution in [2.45, 2.75) is 33.0 Å². The van der Waals surface area contributed by atoms with Gasteiger partial charge in [0.1, 0.15) is 11.5 Å². The Morgan fingerprint density at radius 2 is 1.84 bits per heavy atom. The molecule has 1 unspecified atom stereocenters. The van der Waals surface area contributed by atoms with Crippen LogP contribution in [-0.4, -0.2) is 22.7 Å². The Kier molecular flexibility index (Phi) is 4.77. The van der Waals surface area contributed by atoms with Crippen LogP contribution in [0.1, 0.15) is 24.0 Å². The topological polar surface area (TPSA) is 36.6 Å². The summed E-state index contributed by atoms with van der Waals surface area (Å²) in [6.45, 7) is 5.92. The van der Waals surface area contributed by atoms with Crippen molar-refractivity contribution < 1.29 is 9.52 Å². The summed E-state index contributed by atoms with van der Waals surface area (Å²) >= 11 is 0. The molecule has 0 fully saturated rings. The van der Waals surface area contributed by atoms with Crippen molar-refractivity contribution in [1.82, 2.24) is 4.90 Å². The van der Waals surface area contributed by atoms with E-state index in [0.29, 0.717) is 13.1 Å². The zero-order chi connectivity index (χ0) is 13.7. The molecule has 3 heteroatoms. The van der Waals surface area contributed by atoms with Gasteiger partial charge in [0, 0.05) is 13.1 Å². The van der Waals surface area contributed by atoms with Crippen molar-refractivity contribution in [1.29, 1.82) is 0 Å². The Bertz CT molecular complexity index is 490. The fourth-order valence-corrected chi connectivity index (χ4v) is 2.19. The third kappa shape index (κ3) is 4.54. The summed E-state index contributed by atoms with van der Waals surface area (Å²) in [5.74, 6) is 1.86. The minimum Gasteiger partial charge on any atom is -0.465 e. The molecular formula is C16H21NO2. The van der Waals surface area contributed by atoms with Crippen LogP contribution >= 0.6 is 0 Å². The number of nitrogens with zero attached hydrogens (tertiary/aromatic N) is 1. The van der Waals surface area contributed by atoms with Crippen LogP contribution < -0.4 is 0 Å². The van der Waals surface area contributed by atoms with Gasteiger partial charge < -0.3 is 9.52 Å². The van der Waals surface area contributed by atoms with E-state index in [-0.39, 0.29) is 6.10 Å². The molecule has 2 rings (SSSR count). The largest absolute Gasteiger partial charge is 0.465 e. The van der Waals surface area contributed by atoms with Gasteiger partial charge in [0.15, 0.2) is 0 Å². The number of aliphatic hydroxyl groups is 1. The first-order valence-electron chi connectivity index (χ1n) is 6.63. The monoisotopic (exact) mass is 259 g/mol. The highest BCUT2D eigenvalue weighted by atomic mass is 16.3. The molecule has 1 atom stereocenters. The zero-order valence-corrected chi connectivity index (χ0v) is 11.5. The second-order valence-electron chi connectivity index (χ2n) is 5.02. The second kappa shape index (κ2) is 6.55. The van der Waals surface area contributed by atoms with Crippen LogP contribution in [0.15, 0.2) is 46.9 Å². The molecule has 1 N–H and O–H groups in total. The standard InChI is InChI=1S/C16H21NO2/c1-13(18)10-17(11-15-6-4-3-5-7-15)12-16-9-8-14(2)19-16/h3-9,13,18H,10-12H2,1-2H3. The number of hydrogen-bond donors (Lipinski definition) is 1. The van der Waals surface area contributed by atoms with Crippen LogP contribution in [0.2, 0.25) is 0 Å². The number of furan rings is 1. The maximum absolute atomic E-state index is 9.61. The first-order valence-corrected chi connectivity index (χ1v) is 6.63. The van der Waals surface area contributed by atoms with E-state index in [1.165, 1.54) is 5.56 Å². The average molecular weight is 259 g/mol. The molecule has 1 aromatic heterocycles. The normalized spacial score (nSPS) is 12.8. The van der Waals surface area contributed by atoms with Crippen LogP contribution in [0.3, 0.4) is 0 Å². The molecule has 2 aromatic rings. The Hall–Kier alpha value is -1.58. The first-order chi connectivity index (χ1) is 9.13. The fraction of sp³-hybridized carbons (Fsp3) is 0.375. The van der Waals surface area contributed by atoms with Crippen molar-refractivity contribution in [3.05, 3.63) is 59.5 Å². The van der Waals surface area contributed by atoms with E-state index in [1.54, 1.807) is 0 Å². The van der Waals surface area contributed by atoms with Crippen molar-refractivity contribution in [3.63, 3.8) is 0 Å². The first kappa shape index (κ1) is 13.8. The Morgan fingerprint density at radius 3 is 2.42 bits per heavy atom. The molecule has 0 bridgehead atoms. The van der Waals surface area contributed by atoms with E-state index < -0.39 is 0 Å². The summed E-state index contributed by atoms with van der Waals surface area (Å²) in [6.07, 6.45) is -0.347. The summed E-state index contributed by atoms with van der Waals surface area (Å²) in [6, 6.07) is 14.2. The van der Waals surface area contributed by atoms with Crippen LogP contribution in [0.5, 0.6) is 0 Å². The SMILES string of the molecule is Cc1ccc(CN(Cc2ccccc2)CC(C)O)o1. The summed E-state index contributed by atoms with van der Waals surface area (Å²) in [7, 11) is 0. The van der Waals surface area contributed by atoms with Crippen LogP contribution in [0, 0.1) is 6.92 Å². The molecule has 1 aromatic carbocycles. The predicted octanol–water partition coefficient (Wildman–Crippen LogP) is 2.97. The molecule has 0 radical (unpaired) electrons. The lowest BCUT2D eigenvalue weighted by molar-refractivity contribution is 0.113. The lowest BCUT2D eigenvalue weighted by Crippen LogP contribution is -2.30. The number of benzene rings is 1. The Labute approximate surface area is 114 Å². The van der Waals surface area contributed by atoms with E-state index in [4.69, 9.17) is 4.42 Å². The molecule has 3 nitrogen and oxygen atoms in total. The summed E-state index contributed by atoms with van der Waals surface area (Å²) in [5, 5.41) is 9.61. The van der Waals surface area contributed by atoms with Gasteiger partial charge in [0.05, 0.1) is 12.6 Å². The van der Waals surface area contributed by atoms with Gasteiger partial charge in [-0.1, -0.05) is 30.3 Å². The second-order valence-corrected chi connectivity index (χ2v) is 5.02. The van der Waals surface area contributed by atoms with E-state index in [2.05, 4.69) is 17.0 Å². The van der Waals surface area contributed by atoms with Crippen LogP contribution in [0.4, 0.5) is 0 Å².